The monoisotopic (exact) mass is 480 g/mol. The van der Waals surface area contributed by atoms with E-state index >= 15 is 0 Å². The van der Waals surface area contributed by atoms with Crippen molar-refractivity contribution in [2.75, 3.05) is 6.54 Å². The molecule has 0 aliphatic carbocycles. The van der Waals surface area contributed by atoms with Gasteiger partial charge in [-0.05, 0) is 70.0 Å². The molecule has 1 unspecified atom stereocenters. The first-order valence-electron chi connectivity index (χ1n) is 12.5. The number of carbonyl (C=O) groups is 1. The second-order valence-electron chi connectivity index (χ2n) is 9.96. The van der Waals surface area contributed by atoms with Crippen LogP contribution in [0, 0.1) is 5.82 Å². The van der Waals surface area contributed by atoms with Gasteiger partial charge in [-0.2, -0.15) is 0 Å². The number of halogens is 1. The average molecular weight is 481 g/mol. The number of hydrogen-bond acceptors (Lipinski definition) is 3. The third kappa shape index (κ3) is 6.47. The number of aromatic nitrogens is 2. The van der Waals surface area contributed by atoms with Crippen molar-refractivity contribution in [3.63, 3.8) is 0 Å². The zero-order valence-electron chi connectivity index (χ0n) is 21.5. The van der Waals surface area contributed by atoms with Crippen LogP contribution in [-0.2, 0) is 0 Å². The van der Waals surface area contributed by atoms with E-state index in [1.165, 1.54) is 16.7 Å². The van der Waals surface area contributed by atoms with E-state index in [1.807, 2.05) is 39.8 Å². The van der Waals surface area contributed by atoms with Gasteiger partial charge in [0.1, 0.15) is 11.6 Å². The van der Waals surface area contributed by atoms with Gasteiger partial charge in [0.05, 0.1) is 22.6 Å². The van der Waals surface area contributed by atoms with Crippen molar-refractivity contribution in [3.05, 3.63) is 70.5 Å². The van der Waals surface area contributed by atoms with E-state index in [2.05, 4.69) is 12.2 Å². The number of hydrogen-bond donors (Lipinski definition) is 1. The number of fused-ring (bicyclic) bond motifs is 1. The molecule has 6 nitrogen and oxygen atoms in total. The van der Waals surface area contributed by atoms with Crippen molar-refractivity contribution >= 4 is 16.9 Å². The second kappa shape index (κ2) is 11.5. The molecule has 3 rings (SSSR count). The van der Waals surface area contributed by atoms with Crippen LogP contribution in [0.3, 0.4) is 0 Å². The highest BCUT2D eigenvalue weighted by Gasteiger charge is 2.30. The molecule has 0 bridgehead atoms. The summed E-state index contributed by atoms with van der Waals surface area (Å²) in [6.07, 6.45) is 4.64. The van der Waals surface area contributed by atoms with Crippen molar-refractivity contribution in [2.45, 2.75) is 78.3 Å². The molecular weight excluding hydrogens is 443 g/mol. The third-order valence-electron chi connectivity index (χ3n) is 5.94. The van der Waals surface area contributed by atoms with Crippen LogP contribution in [0.5, 0.6) is 0 Å². The van der Waals surface area contributed by atoms with Crippen molar-refractivity contribution in [1.29, 1.82) is 0 Å². The Hall–Kier alpha value is -3.22. The molecule has 1 heterocycles. The Kier molecular flexibility index (Phi) is 8.65. The fraction of sp³-hybridized carbons (Fsp3) is 0.464. The standard InChI is InChI=1S/C28H37FN4O2/c1-6-8-9-12-19-32(27(35)31-28(3,4)5)24(7-2)25-30-23-14-11-10-13-22(23)26(34)33(25)21-17-15-20(29)16-18-21/h10-11,13-18,24H,6-9,12,19H2,1-5H3,(H,31,35). The minimum atomic E-state index is -0.443. The average Bonchev–Trinajstić information content (AvgIpc) is 2.81. The summed E-state index contributed by atoms with van der Waals surface area (Å²) in [5.41, 5.74) is 0.444. The zero-order chi connectivity index (χ0) is 25.6. The molecule has 35 heavy (non-hydrogen) atoms. The fourth-order valence-electron chi connectivity index (χ4n) is 4.26. The van der Waals surface area contributed by atoms with E-state index in [9.17, 15) is 14.0 Å². The van der Waals surface area contributed by atoms with Gasteiger partial charge >= 0.3 is 6.03 Å². The molecule has 0 aliphatic heterocycles. The van der Waals surface area contributed by atoms with Gasteiger partial charge in [-0.25, -0.2) is 14.2 Å². The van der Waals surface area contributed by atoms with Gasteiger partial charge in [0.15, 0.2) is 0 Å². The molecule has 2 amide bonds. The van der Waals surface area contributed by atoms with Crippen LogP contribution in [-0.4, -0.2) is 32.6 Å². The first-order valence-corrected chi connectivity index (χ1v) is 12.5. The van der Waals surface area contributed by atoms with Crippen molar-refractivity contribution in [3.8, 4) is 5.69 Å². The van der Waals surface area contributed by atoms with Crippen LogP contribution in [0.15, 0.2) is 53.3 Å². The van der Waals surface area contributed by atoms with Gasteiger partial charge in [0.25, 0.3) is 5.56 Å². The lowest BCUT2D eigenvalue weighted by Crippen LogP contribution is -2.50. The van der Waals surface area contributed by atoms with Crippen LogP contribution < -0.4 is 10.9 Å². The first kappa shape index (κ1) is 26.4. The number of para-hydroxylation sites is 1. The Balaban J connectivity index is 2.18. The van der Waals surface area contributed by atoms with Crippen LogP contribution in [0.2, 0.25) is 0 Å². The fourth-order valence-corrected chi connectivity index (χ4v) is 4.26. The highest BCUT2D eigenvalue weighted by molar-refractivity contribution is 5.78. The molecule has 0 fully saturated rings. The number of benzene rings is 2. The van der Waals surface area contributed by atoms with E-state index in [4.69, 9.17) is 4.98 Å². The summed E-state index contributed by atoms with van der Waals surface area (Å²) < 4.78 is 15.2. The topological polar surface area (TPSA) is 67.2 Å². The van der Waals surface area contributed by atoms with Gasteiger partial charge in [0, 0.05) is 12.1 Å². The number of urea groups is 1. The van der Waals surface area contributed by atoms with E-state index in [0.717, 1.165) is 25.7 Å². The first-order chi connectivity index (χ1) is 16.7. The summed E-state index contributed by atoms with van der Waals surface area (Å²) in [6, 6.07) is 12.4. The molecular formula is C28H37FN4O2. The summed E-state index contributed by atoms with van der Waals surface area (Å²) in [5, 5.41) is 3.56. The molecule has 7 heteroatoms. The molecule has 0 saturated carbocycles. The second-order valence-corrected chi connectivity index (χ2v) is 9.96. The summed E-state index contributed by atoms with van der Waals surface area (Å²) >= 11 is 0. The quantitative estimate of drug-likeness (QED) is 0.362. The predicted molar refractivity (Wildman–Crippen MR) is 139 cm³/mol. The number of rotatable bonds is 9. The van der Waals surface area contributed by atoms with Crippen molar-refractivity contribution in [1.82, 2.24) is 19.8 Å². The van der Waals surface area contributed by atoms with Crippen LogP contribution >= 0.6 is 0 Å². The number of amides is 2. The van der Waals surface area contributed by atoms with Crippen LogP contribution in [0.25, 0.3) is 16.6 Å². The Morgan fingerprint density at radius 1 is 1.06 bits per heavy atom. The smallest absolute Gasteiger partial charge is 0.318 e. The zero-order valence-corrected chi connectivity index (χ0v) is 21.5. The summed E-state index contributed by atoms with van der Waals surface area (Å²) in [5.74, 6) is 0.0913. The van der Waals surface area contributed by atoms with E-state index in [1.54, 1.807) is 29.2 Å². The predicted octanol–water partition coefficient (Wildman–Crippen LogP) is 6.37. The molecule has 1 atom stereocenters. The third-order valence-corrected chi connectivity index (χ3v) is 5.94. The molecule has 0 radical (unpaired) electrons. The molecule has 0 aliphatic rings. The highest BCUT2D eigenvalue weighted by Crippen LogP contribution is 2.27. The van der Waals surface area contributed by atoms with Gasteiger partial charge in [-0.15, -0.1) is 0 Å². The molecule has 2 aromatic carbocycles. The Bertz CT molecular complexity index is 1200. The summed E-state index contributed by atoms with van der Waals surface area (Å²) in [6.45, 7) is 10.5. The minimum absolute atomic E-state index is 0.186. The van der Waals surface area contributed by atoms with Gasteiger partial charge in [0.2, 0.25) is 0 Å². The van der Waals surface area contributed by atoms with Gasteiger partial charge in [-0.3, -0.25) is 9.36 Å². The molecule has 3 aromatic rings. The Morgan fingerprint density at radius 3 is 2.37 bits per heavy atom. The SMILES string of the molecule is CCCCCCN(C(=O)NC(C)(C)C)C(CC)c1nc2ccccc2c(=O)n1-c1ccc(F)cc1. The lowest BCUT2D eigenvalue weighted by molar-refractivity contribution is 0.158. The molecule has 1 aromatic heterocycles. The van der Waals surface area contributed by atoms with Crippen molar-refractivity contribution in [2.24, 2.45) is 0 Å². The lowest BCUT2D eigenvalue weighted by atomic mass is 10.1. The van der Waals surface area contributed by atoms with E-state index in [-0.39, 0.29) is 17.4 Å². The van der Waals surface area contributed by atoms with Crippen LogP contribution in [0.1, 0.15) is 78.6 Å². The van der Waals surface area contributed by atoms with E-state index < -0.39 is 11.6 Å². The minimum Gasteiger partial charge on any atom is -0.333 e. The molecule has 1 N–H and O–H groups in total. The number of nitrogens with one attached hydrogen (secondary N) is 1. The lowest BCUT2D eigenvalue weighted by Gasteiger charge is -2.35. The number of nitrogens with zero attached hydrogens (tertiary/aromatic N) is 3. The Labute approximate surface area is 207 Å². The summed E-state index contributed by atoms with van der Waals surface area (Å²) in [7, 11) is 0. The number of unbranched alkanes of at least 4 members (excludes halogenated alkanes) is 3. The molecule has 0 saturated heterocycles. The number of carbonyl (C=O) groups excluding carboxylic acids is 1. The van der Waals surface area contributed by atoms with Gasteiger partial charge < -0.3 is 10.2 Å². The van der Waals surface area contributed by atoms with Crippen molar-refractivity contribution < 1.29 is 9.18 Å². The maximum atomic E-state index is 13.7. The molecule has 188 valence electrons. The highest BCUT2D eigenvalue weighted by atomic mass is 19.1. The Morgan fingerprint density at radius 2 is 1.74 bits per heavy atom. The summed E-state index contributed by atoms with van der Waals surface area (Å²) in [4.78, 5) is 33.9. The van der Waals surface area contributed by atoms with Crippen LogP contribution in [0.4, 0.5) is 9.18 Å². The normalized spacial score (nSPS) is 12.5. The molecule has 0 spiro atoms. The maximum absolute atomic E-state index is 13.7. The van der Waals surface area contributed by atoms with Gasteiger partial charge in [-0.1, -0.05) is 45.2 Å². The van der Waals surface area contributed by atoms with E-state index in [0.29, 0.717) is 35.4 Å². The largest absolute Gasteiger partial charge is 0.333 e. The maximum Gasteiger partial charge on any atom is 0.318 e.